The van der Waals surface area contributed by atoms with Gasteiger partial charge in [0.2, 0.25) is 0 Å². The highest BCUT2D eigenvalue weighted by atomic mass is 16.5. The van der Waals surface area contributed by atoms with Crippen LogP contribution in [-0.4, -0.2) is 43.7 Å². The van der Waals surface area contributed by atoms with E-state index in [-0.39, 0.29) is 6.10 Å². The number of hydrogen-bond donors (Lipinski definition) is 1. The van der Waals surface area contributed by atoms with Gasteiger partial charge in [0, 0.05) is 25.7 Å². The second kappa shape index (κ2) is 8.66. The topological polar surface area (TPSA) is 24.5 Å². The molecule has 0 amide bonds. The molecule has 1 heterocycles. The lowest BCUT2D eigenvalue weighted by Crippen LogP contribution is -2.47. The minimum absolute atomic E-state index is 0.120. The maximum absolute atomic E-state index is 5.74. The summed E-state index contributed by atoms with van der Waals surface area (Å²) in [6, 6.07) is 11.5. The van der Waals surface area contributed by atoms with Gasteiger partial charge >= 0.3 is 0 Å². The monoisotopic (exact) mass is 304 g/mol. The number of likely N-dealkylation sites (tertiary alicyclic amines) is 1. The molecule has 0 saturated carbocycles. The number of hydrogen-bond acceptors (Lipinski definition) is 3. The number of methoxy groups -OCH3 is 1. The van der Waals surface area contributed by atoms with E-state index in [1.165, 1.54) is 38.0 Å². The molecule has 1 N–H and O–H groups in total. The second-order valence-corrected chi connectivity index (χ2v) is 6.99. The third-order valence-corrected chi connectivity index (χ3v) is 4.55. The van der Waals surface area contributed by atoms with Crippen molar-refractivity contribution in [1.29, 1.82) is 0 Å². The van der Waals surface area contributed by atoms with Crippen LogP contribution < -0.4 is 5.32 Å². The quantitative estimate of drug-likeness (QED) is 0.835. The maximum Gasteiger partial charge on any atom is 0.0971 e. The zero-order valence-corrected chi connectivity index (χ0v) is 14.6. The first-order valence-corrected chi connectivity index (χ1v) is 8.66. The molecule has 1 saturated heterocycles. The van der Waals surface area contributed by atoms with Gasteiger partial charge in [-0.25, -0.2) is 0 Å². The summed E-state index contributed by atoms with van der Waals surface area (Å²) >= 11 is 0. The number of benzene rings is 1. The standard InChI is InChI=1S/C19H32N2O/c1-15(2)14-21-12-10-18(11-13-21)20-16(3)19(22-4)17-8-6-5-7-9-17/h5-9,15-16,18-20H,10-14H2,1-4H3/t16-,19-/m0/s1. The molecule has 2 rings (SSSR count). The molecule has 0 radical (unpaired) electrons. The fraction of sp³-hybridized carbons (Fsp3) is 0.684. The predicted molar refractivity (Wildman–Crippen MR) is 93.1 cm³/mol. The first kappa shape index (κ1) is 17.5. The van der Waals surface area contributed by atoms with E-state index in [9.17, 15) is 0 Å². The minimum Gasteiger partial charge on any atom is -0.375 e. The summed E-state index contributed by atoms with van der Waals surface area (Å²) < 4.78 is 5.74. The molecule has 1 fully saturated rings. The molecule has 124 valence electrons. The number of piperidine rings is 1. The summed E-state index contributed by atoms with van der Waals surface area (Å²) in [7, 11) is 1.81. The van der Waals surface area contributed by atoms with E-state index < -0.39 is 0 Å². The van der Waals surface area contributed by atoms with Crippen LogP contribution in [0.5, 0.6) is 0 Å². The van der Waals surface area contributed by atoms with Crippen LogP contribution in [0.15, 0.2) is 30.3 Å². The Labute approximate surface area is 136 Å². The fourth-order valence-corrected chi connectivity index (χ4v) is 3.53. The van der Waals surface area contributed by atoms with Crippen LogP contribution in [0.3, 0.4) is 0 Å². The van der Waals surface area contributed by atoms with Crippen LogP contribution in [-0.2, 0) is 4.74 Å². The lowest BCUT2D eigenvalue weighted by molar-refractivity contribution is 0.0636. The van der Waals surface area contributed by atoms with Gasteiger partial charge in [0.05, 0.1) is 6.10 Å². The molecule has 0 aromatic heterocycles. The highest BCUT2D eigenvalue weighted by Crippen LogP contribution is 2.22. The molecule has 2 atom stereocenters. The molecule has 3 nitrogen and oxygen atoms in total. The smallest absolute Gasteiger partial charge is 0.0971 e. The van der Waals surface area contributed by atoms with Crippen molar-refractivity contribution in [1.82, 2.24) is 10.2 Å². The van der Waals surface area contributed by atoms with Gasteiger partial charge in [0.15, 0.2) is 0 Å². The Morgan fingerprint density at radius 1 is 1.14 bits per heavy atom. The Morgan fingerprint density at radius 2 is 1.77 bits per heavy atom. The zero-order chi connectivity index (χ0) is 15.9. The fourth-order valence-electron chi connectivity index (χ4n) is 3.53. The highest BCUT2D eigenvalue weighted by molar-refractivity contribution is 5.19. The van der Waals surface area contributed by atoms with Gasteiger partial charge in [0.25, 0.3) is 0 Å². The van der Waals surface area contributed by atoms with Crippen molar-refractivity contribution in [3.8, 4) is 0 Å². The highest BCUT2D eigenvalue weighted by Gasteiger charge is 2.24. The number of rotatable bonds is 7. The van der Waals surface area contributed by atoms with E-state index in [0.717, 1.165) is 5.92 Å². The van der Waals surface area contributed by atoms with Gasteiger partial charge in [0.1, 0.15) is 0 Å². The van der Waals surface area contributed by atoms with E-state index >= 15 is 0 Å². The summed E-state index contributed by atoms with van der Waals surface area (Å²) in [5.41, 5.74) is 1.25. The largest absolute Gasteiger partial charge is 0.375 e. The van der Waals surface area contributed by atoms with E-state index in [4.69, 9.17) is 4.74 Å². The van der Waals surface area contributed by atoms with Crippen LogP contribution in [0.2, 0.25) is 0 Å². The third kappa shape index (κ3) is 5.08. The molecule has 0 spiro atoms. The van der Waals surface area contributed by atoms with Crippen molar-refractivity contribution in [3.05, 3.63) is 35.9 Å². The lowest BCUT2D eigenvalue weighted by Gasteiger charge is -2.36. The van der Waals surface area contributed by atoms with Crippen molar-refractivity contribution in [2.24, 2.45) is 5.92 Å². The molecule has 0 bridgehead atoms. The molecule has 1 aromatic carbocycles. The average Bonchev–Trinajstić information content (AvgIpc) is 2.50. The molecule has 0 aliphatic carbocycles. The Bertz CT molecular complexity index is 413. The van der Waals surface area contributed by atoms with Crippen molar-refractivity contribution in [2.45, 2.75) is 51.8 Å². The SMILES string of the molecule is CO[C@H](c1ccccc1)[C@H](C)NC1CCN(CC(C)C)CC1. The number of nitrogens with zero attached hydrogens (tertiary/aromatic N) is 1. The molecular formula is C19H32N2O. The molecule has 22 heavy (non-hydrogen) atoms. The normalized spacial score (nSPS) is 20.2. The Hall–Kier alpha value is -0.900. The Balaban J connectivity index is 1.83. The van der Waals surface area contributed by atoms with Crippen LogP contribution in [0.25, 0.3) is 0 Å². The average molecular weight is 304 g/mol. The van der Waals surface area contributed by atoms with Gasteiger partial charge in [-0.2, -0.15) is 0 Å². The first-order chi connectivity index (χ1) is 10.6. The molecular weight excluding hydrogens is 272 g/mol. The van der Waals surface area contributed by atoms with Gasteiger partial charge in [-0.1, -0.05) is 44.2 Å². The van der Waals surface area contributed by atoms with Crippen molar-refractivity contribution < 1.29 is 4.74 Å². The van der Waals surface area contributed by atoms with E-state index in [1.807, 2.05) is 0 Å². The summed E-state index contributed by atoms with van der Waals surface area (Å²) in [6.45, 7) is 10.5. The number of nitrogens with one attached hydrogen (secondary N) is 1. The van der Waals surface area contributed by atoms with E-state index in [1.54, 1.807) is 7.11 Å². The third-order valence-electron chi connectivity index (χ3n) is 4.55. The maximum atomic E-state index is 5.74. The van der Waals surface area contributed by atoms with Crippen molar-refractivity contribution in [2.75, 3.05) is 26.7 Å². The number of ether oxygens (including phenoxy) is 1. The minimum atomic E-state index is 0.120. The van der Waals surface area contributed by atoms with Gasteiger partial charge in [-0.3, -0.25) is 0 Å². The van der Waals surface area contributed by atoms with Gasteiger partial charge < -0.3 is 15.0 Å². The van der Waals surface area contributed by atoms with Gasteiger partial charge in [-0.05, 0) is 44.3 Å². The summed E-state index contributed by atoms with van der Waals surface area (Å²) in [6.07, 6.45) is 2.60. The Morgan fingerprint density at radius 3 is 2.32 bits per heavy atom. The molecule has 1 aliphatic heterocycles. The second-order valence-electron chi connectivity index (χ2n) is 6.99. The predicted octanol–water partition coefficient (Wildman–Crippen LogP) is 3.47. The van der Waals surface area contributed by atoms with Crippen LogP contribution in [0.4, 0.5) is 0 Å². The van der Waals surface area contributed by atoms with Gasteiger partial charge in [-0.15, -0.1) is 0 Å². The molecule has 1 aromatic rings. The molecule has 0 unspecified atom stereocenters. The van der Waals surface area contributed by atoms with E-state index in [2.05, 4.69) is 61.3 Å². The van der Waals surface area contributed by atoms with Crippen LogP contribution in [0.1, 0.15) is 45.3 Å². The first-order valence-electron chi connectivity index (χ1n) is 8.66. The molecule has 3 heteroatoms. The Kier molecular flexibility index (Phi) is 6.87. The zero-order valence-electron chi connectivity index (χ0n) is 14.6. The summed E-state index contributed by atoms with van der Waals surface area (Å²) in [5.74, 6) is 0.763. The van der Waals surface area contributed by atoms with Crippen molar-refractivity contribution in [3.63, 3.8) is 0 Å². The van der Waals surface area contributed by atoms with Crippen molar-refractivity contribution >= 4 is 0 Å². The van der Waals surface area contributed by atoms with Crippen LogP contribution in [0, 0.1) is 5.92 Å². The van der Waals surface area contributed by atoms with Crippen LogP contribution >= 0.6 is 0 Å². The lowest BCUT2D eigenvalue weighted by atomic mass is 9.99. The van der Waals surface area contributed by atoms with E-state index in [0.29, 0.717) is 12.1 Å². The summed E-state index contributed by atoms with van der Waals surface area (Å²) in [4.78, 5) is 2.60. The summed E-state index contributed by atoms with van der Waals surface area (Å²) in [5, 5.41) is 3.79. The molecule has 1 aliphatic rings.